The molecule has 2 heterocycles. The molecule has 0 aliphatic carbocycles. The van der Waals surface area contributed by atoms with Crippen LogP contribution in [0.4, 0.5) is 0 Å². The van der Waals surface area contributed by atoms with Gasteiger partial charge < -0.3 is 19.5 Å². The van der Waals surface area contributed by atoms with Crippen molar-refractivity contribution in [1.29, 1.82) is 0 Å². The summed E-state index contributed by atoms with van der Waals surface area (Å²) in [4.78, 5) is 2.47. The molecular formula is C32H40N2O3. The number of methoxy groups -OCH3 is 2. The summed E-state index contributed by atoms with van der Waals surface area (Å²) >= 11 is 0. The molecule has 37 heavy (non-hydrogen) atoms. The van der Waals surface area contributed by atoms with Gasteiger partial charge in [-0.25, -0.2) is 0 Å². The molecule has 196 valence electrons. The van der Waals surface area contributed by atoms with Crippen molar-refractivity contribution >= 4 is 0 Å². The molecule has 2 aliphatic heterocycles. The SMILES string of the molecule is C=C(/C=C(/CN1CCCCC1)C(=C)OC)/C=C/C1NCCc2cc(OCc3ccccc3)c(OC)cc21. The number of hydrogen-bond donors (Lipinski definition) is 1. The topological polar surface area (TPSA) is 43.0 Å². The van der Waals surface area contributed by atoms with Crippen molar-refractivity contribution in [2.45, 2.75) is 38.3 Å². The highest BCUT2D eigenvalue weighted by Crippen LogP contribution is 2.36. The summed E-state index contributed by atoms with van der Waals surface area (Å²) in [5, 5.41) is 3.62. The fourth-order valence-electron chi connectivity index (χ4n) is 4.97. The second-order valence-corrected chi connectivity index (χ2v) is 9.73. The van der Waals surface area contributed by atoms with Crippen molar-refractivity contribution in [2.75, 3.05) is 40.4 Å². The standard InChI is InChI=1S/C32H40N2O3/c1-24(19-28(25(2)35-3)22-34-17-9-6-10-18-34)13-14-30-29-21-31(36-4)32(20-27(29)15-16-33-30)37-23-26-11-7-5-8-12-26/h5,7-8,11-14,19-21,30,33H,1-2,6,9-10,15-18,22-23H2,3-4H3/b14-13+,28-19-. The van der Waals surface area contributed by atoms with Gasteiger partial charge in [0.05, 0.1) is 20.3 Å². The average molecular weight is 501 g/mol. The van der Waals surface area contributed by atoms with Crippen LogP contribution in [0.2, 0.25) is 0 Å². The Morgan fingerprint density at radius 1 is 1.05 bits per heavy atom. The van der Waals surface area contributed by atoms with Crippen molar-refractivity contribution in [2.24, 2.45) is 0 Å². The number of nitrogens with one attached hydrogen (secondary N) is 1. The fraction of sp³-hybridized carbons (Fsp3) is 0.375. The summed E-state index contributed by atoms with van der Waals surface area (Å²) < 4.78 is 17.3. The highest BCUT2D eigenvalue weighted by atomic mass is 16.5. The molecule has 5 nitrogen and oxygen atoms in total. The van der Waals surface area contributed by atoms with Crippen LogP contribution in [0.15, 0.2) is 90.8 Å². The van der Waals surface area contributed by atoms with Gasteiger partial charge in [0.2, 0.25) is 0 Å². The largest absolute Gasteiger partial charge is 0.497 e. The zero-order chi connectivity index (χ0) is 26.0. The van der Waals surface area contributed by atoms with E-state index in [4.69, 9.17) is 14.2 Å². The van der Waals surface area contributed by atoms with Gasteiger partial charge in [-0.15, -0.1) is 0 Å². The van der Waals surface area contributed by atoms with Gasteiger partial charge in [-0.3, -0.25) is 4.90 Å². The molecule has 0 aromatic heterocycles. The molecule has 5 heteroatoms. The molecule has 0 spiro atoms. The Hall–Kier alpha value is -3.28. The lowest BCUT2D eigenvalue weighted by atomic mass is 9.93. The van der Waals surface area contributed by atoms with Crippen LogP contribution in [0.25, 0.3) is 0 Å². The summed E-state index contributed by atoms with van der Waals surface area (Å²) in [5.41, 5.74) is 5.62. The maximum atomic E-state index is 6.14. The molecule has 1 atom stereocenters. The third-order valence-electron chi connectivity index (χ3n) is 7.07. The van der Waals surface area contributed by atoms with Gasteiger partial charge in [0.25, 0.3) is 0 Å². The van der Waals surface area contributed by atoms with E-state index in [0.29, 0.717) is 12.4 Å². The monoisotopic (exact) mass is 500 g/mol. The van der Waals surface area contributed by atoms with Crippen LogP contribution in [-0.4, -0.2) is 45.3 Å². The minimum Gasteiger partial charge on any atom is -0.497 e. The lowest BCUT2D eigenvalue weighted by molar-refractivity contribution is 0.235. The Morgan fingerprint density at radius 2 is 1.84 bits per heavy atom. The minimum absolute atomic E-state index is 0.0714. The van der Waals surface area contributed by atoms with Crippen molar-refractivity contribution in [3.63, 3.8) is 0 Å². The third kappa shape index (κ3) is 7.37. The smallest absolute Gasteiger partial charge is 0.161 e. The first-order valence-corrected chi connectivity index (χ1v) is 13.2. The lowest BCUT2D eigenvalue weighted by Crippen LogP contribution is -2.31. The van der Waals surface area contributed by atoms with E-state index in [0.717, 1.165) is 60.8 Å². The van der Waals surface area contributed by atoms with Crippen molar-refractivity contribution < 1.29 is 14.2 Å². The van der Waals surface area contributed by atoms with E-state index in [1.54, 1.807) is 14.2 Å². The summed E-state index contributed by atoms with van der Waals surface area (Å²) in [5.74, 6) is 2.23. The Kier molecular flexibility index (Phi) is 9.64. The van der Waals surface area contributed by atoms with E-state index in [2.05, 4.69) is 65.9 Å². The quantitative estimate of drug-likeness (QED) is 0.296. The molecular weight excluding hydrogens is 460 g/mol. The minimum atomic E-state index is 0.0714. The molecule has 1 fully saturated rings. The number of nitrogens with zero attached hydrogens (tertiary/aromatic N) is 1. The lowest BCUT2D eigenvalue weighted by Gasteiger charge is -2.28. The average Bonchev–Trinajstić information content (AvgIpc) is 2.94. The van der Waals surface area contributed by atoms with Gasteiger partial charge >= 0.3 is 0 Å². The van der Waals surface area contributed by atoms with E-state index >= 15 is 0 Å². The molecule has 2 aromatic carbocycles. The second-order valence-electron chi connectivity index (χ2n) is 9.73. The van der Waals surface area contributed by atoms with Gasteiger partial charge in [-0.05, 0) is 72.8 Å². The Bertz CT molecular complexity index is 1130. The zero-order valence-corrected chi connectivity index (χ0v) is 22.3. The van der Waals surface area contributed by atoms with Crippen LogP contribution in [0.3, 0.4) is 0 Å². The Morgan fingerprint density at radius 3 is 2.57 bits per heavy atom. The summed E-state index contributed by atoms with van der Waals surface area (Å²) in [6.07, 6.45) is 11.1. The van der Waals surface area contributed by atoms with Gasteiger partial charge in [0.15, 0.2) is 11.5 Å². The zero-order valence-electron chi connectivity index (χ0n) is 22.3. The van der Waals surface area contributed by atoms with E-state index in [1.165, 1.54) is 30.4 Å². The predicted octanol–water partition coefficient (Wildman–Crippen LogP) is 6.15. The number of ether oxygens (including phenoxy) is 3. The first-order valence-electron chi connectivity index (χ1n) is 13.2. The Balaban J connectivity index is 1.47. The molecule has 0 bridgehead atoms. The first kappa shape index (κ1) is 26.8. The molecule has 0 saturated carbocycles. The Labute approximate surface area is 222 Å². The van der Waals surface area contributed by atoms with E-state index < -0.39 is 0 Å². The van der Waals surface area contributed by atoms with Gasteiger partial charge in [-0.1, -0.05) is 62.1 Å². The summed E-state index contributed by atoms with van der Waals surface area (Å²) in [7, 11) is 3.37. The molecule has 1 saturated heterocycles. The van der Waals surface area contributed by atoms with Crippen LogP contribution >= 0.6 is 0 Å². The molecule has 0 amide bonds. The van der Waals surface area contributed by atoms with E-state index in [9.17, 15) is 0 Å². The molecule has 2 aromatic rings. The second kappa shape index (κ2) is 13.3. The number of benzene rings is 2. The van der Waals surface area contributed by atoms with Crippen LogP contribution in [-0.2, 0) is 17.8 Å². The number of likely N-dealkylation sites (tertiary alicyclic amines) is 1. The first-order chi connectivity index (χ1) is 18.1. The number of allylic oxidation sites excluding steroid dienone is 3. The van der Waals surface area contributed by atoms with Gasteiger partial charge in [0.1, 0.15) is 12.4 Å². The highest BCUT2D eigenvalue weighted by Gasteiger charge is 2.21. The maximum Gasteiger partial charge on any atom is 0.161 e. The van der Waals surface area contributed by atoms with E-state index in [1.807, 2.05) is 18.2 Å². The van der Waals surface area contributed by atoms with Crippen molar-refractivity contribution in [1.82, 2.24) is 10.2 Å². The maximum absolute atomic E-state index is 6.14. The van der Waals surface area contributed by atoms with Gasteiger partial charge in [-0.2, -0.15) is 0 Å². The van der Waals surface area contributed by atoms with Crippen LogP contribution in [0.1, 0.15) is 42.0 Å². The summed E-state index contributed by atoms with van der Waals surface area (Å²) in [6.45, 7) is 12.9. The number of fused-ring (bicyclic) bond motifs is 1. The number of rotatable bonds is 11. The number of hydrogen-bond acceptors (Lipinski definition) is 5. The fourth-order valence-corrected chi connectivity index (χ4v) is 4.97. The van der Waals surface area contributed by atoms with Gasteiger partial charge in [0, 0.05) is 18.7 Å². The van der Waals surface area contributed by atoms with Crippen LogP contribution in [0.5, 0.6) is 11.5 Å². The highest BCUT2D eigenvalue weighted by molar-refractivity contribution is 5.51. The molecule has 1 N–H and O–H groups in total. The van der Waals surface area contributed by atoms with Crippen molar-refractivity contribution in [3.8, 4) is 11.5 Å². The van der Waals surface area contributed by atoms with Crippen LogP contribution < -0.4 is 14.8 Å². The summed E-state index contributed by atoms with van der Waals surface area (Å²) in [6, 6.07) is 14.5. The predicted molar refractivity (Wildman–Crippen MR) is 151 cm³/mol. The van der Waals surface area contributed by atoms with Crippen LogP contribution in [0, 0.1) is 0 Å². The number of piperidine rings is 1. The molecule has 2 aliphatic rings. The normalized spacial score (nSPS) is 18.3. The van der Waals surface area contributed by atoms with E-state index in [-0.39, 0.29) is 6.04 Å². The molecule has 1 unspecified atom stereocenters. The third-order valence-corrected chi connectivity index (χ3v) is 7.07. The van der Waals surface area contributed by atoms with Crippen molar-refractivity contribution in [3.05, 3.63) is 107 Å². The molecule has 4 rings (SSSR count). The molecule has 0 radical (unpaired) electrons.